The van der Waals surface area contributed by atoms with Crippen LogP contribution in [0.1, 0.15) is 17.5 Å². The van der Waals surface area contributed by atoms with Gasteiger partial charge in [0.15, 0.2) is 0 Å². The number of aryl methyl sites for hydroxylation is 2. The van der Waals surface area contributed by atoms with E-state index < -0.39 is 9.84 Å². The molecule has 0 aliphatic carbocycles. The van der Waals surface area contributed by atoms with Gasteiger partial charge in [0, 0.05) is 0 Å². The maximum atomic E-state index is 12.6. The average Bonchev–Trinajstić information content (AvgIpc) is 3.06. The molecule has 124 valence electrons. The predicted molar refractivity (Wildman–Crippen MR) is 90.7 cm³/mol. The molecule has 1 aromatic heterocycles. The van der Waals surface area contributed by atoms with Gasteiger partial charge in [-0.15, -0.1) is 0 Å². The van der Waals surface area contributed by atoms with Crippen LogP contribution in [0.3, 0.4) is 0 Å². The predicted octanol–water partition coefficient (Wildman–Crippen LogP) is 2.38. The van der Waals surface area contributed by atoms with Crippen molar-refractivity contribution < 1.29 is 8.42 Å². The molecule has 0 saturated carbocycles. The quantitative estimate of drug-likeness (QED) is 0.687. The van der Waals surface area contributed by atoms with Crippen molar-refractivity contribution in [3.63, 3.8) is 0 Å². The van der Waals surface area contributed by atoms with Crippen molar-refractivity contribution in [3.05, 3.63) is 65.7 Å². The van der Waals surface area contributed by atoms with E-state index in [0.29, 0.717) is 18.5 Å². The summed E-state index contributed by atoms with van der Waals surface area (Å²) in [7, 11) is -3.55. The van der Waals surface area contributed by atoms with Crippen LogP contribution in [0.15, 0.2) is 59.8 Å². The second kappa shape index (κ2) is 6.92. The highest BCUT2D eigenvalue weighted by Gasteiger charge is 2.23. The molecular formula is C17H18N4O2S. The Kier molecular flexibility index (Phi) is 4.71. The fourth-order valence-corrected chi connectivity index (χ4v) is 3.80. The Morgan fingerprint density at radius 2 is 1.83 bits per heavy atom. The van der Waals surface area contributed by atoms with Gasteiger partial charge in [0.05, 0.1) is 11.4 Å². The first-order valence-corrected chi connectivity index (χ1v) is 9.33. The van der Waals surface area contributed by atoms with Crippen molar-refractivity contribution in [1.82, 2.24) is 20.2 Å². The van der Waals surface area contributed by atoms with Crippen LogP contribution in [-0.4, -0.2) is 34.4 Å². The number of rotatable bonds is 6. The summed E-state index contributed by atoms with van der Waals surface area (Å²) >= 11 is 0. The van der Waals surface area contributed by atoms with Gasteiger partial charge >= 0.3 is 0 Å². The summed E-state index contributed by atoms with van der Waals surface area (Å²) in [6.07, 6.45) is 1.22. The van der Waals surface area contributed by atoms with Crippen LogP contribution >= 0.6 is 0 Å². The number of sulfone groups is 1. The Balaban J connectivity index is 1.74. The highest BCUT2D eigenvalue weighted by atomic mass is 32.2. The van der Waals surface area contributed by atoms with Crippen molar-refractivity contribution in [1.29, 1.82) is 0 Å². The largest absolute Gasteiger partial charge is 0.272 e. The molecule has 0 radical (unpaired) electrons. The van der Waals surface area contributed by atoms with E-state index in [0.717, 1.165) is 5.56 Å². The Morgan fingerprint density at radius 3 is 2.58 bits per heavy atom. The van der Waals surface area contributed by atoms with Gasteiger partial charge in [0.2, 0.25) is 9.84 Å². The Labute approximate surface area is 141 Å². The van der Waals surface area contributed by atoms with E-state index in [1.807, 2.05) is 43.3 Å². The number of nitrogens with zero attached hydrogens (tertiary/aromatic N) is 4. The molecule has 0 amide bonds. The van der Waals surface area contributed by atoms with Gasteiger partial charge in [0.1, 0.15) is 0 Å². The van der Waals surface area contributed by atoms with Gasteiger partial charge in [-0.3, -0.25) is 0 Å². The van der Waals surface area contributed by atoms with Crippen LogP contribution in [0.25, 0.3) is 5.69 Å². The van der Waals surface area contributed by atoms with E-state index in [9.17, 15) is 8.42 Å². The fourth-order valence-electron chi connectivity index (χ4n) is 2.53. The summed E-state index contributed by atoms with van der Waals surface area (Å²) in [6.45, 7) is 2.02. The van der Waals surface area contributed by atoms with E-state index >= 15 is 0 Å². The maximum absolute atomic E-state index is 12.6. The van der Waals surface area contributed by atoms with Gasteiger partial charge in [-0.05, 0) is 47.9 Å². The standard InChI is InChI=1S/C17H18N4O2S/c1-14-7-5-8-15(13-14)9-6-12-24(22,23)17-18-19-20-21(17)16-10-3-2-4-11-16/h2-5,7-8,10-11,13H,6,9,12H2,1H3. The summed E-state index contributed by atoms with van der Waals surface area (Å²) in [6, 6.07) is 17.1. The molecule has 24 heavy (non-hydrogen) atoms. The molecule has 7 heteroatoms. The second-order valence-electron chi connectivity index (χ2n) is 5.62. The molecular weight excluding hydrogens is 324 g/mol. The monoisotopic (exact) mass is 342 g/mol. The Bertz CT molecular complexity index is 921. The lowest BCUT2D eigenvalue weighted by Gasteiger charge is -2.06. The number of benzene rings is 2. The van der Waals surface area contributed by atoms with Gasteiger partial charge in [-0.25, -0.2) is 8.42 Å². The van der Waals surface area contributed by atoms with Crippen molar-refractivity contribution >= 4 is 9.84 Å². The van der Waals surface area contributed by atoms with Gasteiger partial charge in [-0.1, -0.05) is 53.1 Å². The van der Waals surface area contributed by atoms with Crippen LogP contribution < -0.4 is 0 Å². The minimum absolute atomic E-state index is 0.00808. The SMILES string of the molecule is Cc1cccc(CCCS(=O)(=O)c2nnnn2-c2ccccc2)c1. The third-order valence-electron chi connectivity index (χ3n) is 3.68. The van der Waals surface area contributed by atoms with E-state index in [1.165, 1.54) is 10.2 Å². The van der Waals surface area contributed by atoms with Gasteiger partial charge in [-0.2, -0.15) is 4.68 Å². The summed E-state index contributed by atoms with van der Waals surface area (Å²) in [4.78, 5) is 0. The maximum Gasteiger partial charge on any atom is 0.272 e. The first-order chi connectivity index (χ1) is 11.6. The lowest BCUT2D eigenvalue weighted by molar-refractivity contribution is 0.577. The Morgan fingerprint density at radius 1 is 1.04 bits per heavy atom. The van der Waals surface area contributed by atoms with E-state index in [1.54, 1.807) is 12.1 Å². The van der Waals surface area contributed by atoms with Crippen molar-refractivity contribution in [2.75, 3.05) is 5.75 Å². The molecule has 3 rings (SSSR count). The minimum atomic E-state index is -3.55. The highest BCUT2D eigenvalue weighted by Crippen LogP contribution is 2.15. The zero-order valence-corrected chi connectivity index (χ0v) is 14.1. The molecule has 0 aliphatic heterocycles. The number of hydrogen-bond acceptors (Lipinski definition) is 5. The molecule has 0 spiro atoms. The number of hydrogen-bond donors (Lipinski definition) is 0. The molecule has 0 saturated heterocycles. The fraction of sp³-hybridized carbons (Fsp3) is 0.235. The van der Waals surface area contributed by atoms with Gasteiger partial charge in [0.25, 0.3) is 5.16 Å². The van der Waals surface area contributed by atoms with E-state index in [4.69, 9.17) is 0 Å². The van der Waals surface area contributed by atoms with E-state index in [-0.39, 0.29) is 10.9 Å². The molecule has 0 bridgehead atoms. The average molecular weight is 342 g/mol. The normalized spacial score (nSPS) is 11.5. The molecule has 0 aliphatic rings. The highest BCUT2D eigenvalue weighted by molar-refractivity contribution is 7.91. The van der Waals surface area contributed by atoms with E-state index in [2.05, 4.69) is 21.6 Å². The zero-order chi connectivity index (χ0) is 17.0. The molecule has 0 N–H and O–H groups in total. The molecule has 0 fully saturated rings. The van der Waals surface area contributed by atoms with Crippen LogP contribution in [0, 0.1) is 6.92 Å². The zero-order valence-electron chi connectivity index (χ0n) is 13.3. The molecule has 1 heterocycles. The second-order valence-corrected chi connectivity index (χ2v) is 7.62. The molecule has 3 aromatic rings. The first kappa shape index (κ1) is 16.3. The van der Waals surface area contributed by atoms with Crippen LogP contribution in [-0.2, 0) is 16.3 Å². The summed E-state index contributed by atoms with van der Waals surface area (Å²) < 4.78 is 26.4. The van der Waals surface area contributed by atoms with Gasteiger partial charge < -0.3 is 0 Å². The summed E-state index contributed by atoms with van der Waals surface area (Å²) in [5.74, 6) is 0.00808. The lowest BCUT2D eigenvalue weighted by Crippen LogP contribution is -2.14. The van der Waals surface area contributed by atoms with Crippen molar-refractivity contribution in [2.45, 2.75) is 24.9 Å². The Hall–Kier alpha value is -2.54. The minimum Gasteiger partial charge on any atom is -0.220 e. The molecule has 0 unspecified atom stereocenters. The molecule has 2 aromatic carbocycles. The number of tetrazole rings is 1. The van der Waals surface area contributed by atoms with Crippen LogP contribution in [0.2, 0.25) is 0 Å². The third kappa shape index (κ3) is 3.68. The lowest BCUT2D eigenvalue weighted by atomic mass is 10.1. The van der Waals surface area contributed by atoms with Crippen LogP contribution in [0.5, 0.6) is 0 Å². The first-order valence-electron chi connectivity index (χ1n) is 7.68. The topological polar surface area (TPSA) is 77.7 Å². The van der Waals surface area contributed by atoms with Crippen molar-refractivity contribution in [2.24, 2.45) is 0 Å². The number of aromatic nitrogens is 4. The molecule has 6 nitrogen and oxygen atoms in total. The smallest absolute Gasteiger partial charge is 0.220 e. The van der Waals surface area contributed by atoms with Crippen molar-refractivity contribution in [3.8, 4) is 5.69 Å². The third-order valence-corrected chi connectivity index (χ3v) is 5.32. The summed E-state index contributed by atoms with van der Waals surface area (Å²) in [5, 5.41) is 10.9. The molecule has 0 atom stereocenters. The van der Waals surface area contributed by atoms with Crippen LogP contribution in [0.4, 0.5) is 0 Å². The number of para-hydroxylation sites is 1. The summed E-state index contributed by atoms with van der Waals surface area (Å²) in [5.41, 5.74) is 2.93.